The van der Waals surface area contributed by atoms with Crippen LogP contribution in [0.15, 0.2) is 0 Å². The van der Waals surface area contributed by atoms with E-state index >= 15 is 0 Å². The van der Waals surface area contributed by atoms with Crippen molar-refractivity contribution < 1.29 is 0 Å². The summed E-state index contributed by atoms with van der Waals surface area (Å²) in [5.41, 5.74) is 10.6. The molecule has 0 bridgehead atoms. The van der Waals surface area contributed by atoms with Crippen LogP contribution in [0.3, 0.4) is 0 Å². The second-order valence-electron chi connectivity index (χ2n) is 2.06. The predicted octanol–water partition coefficient (Wildman–Crippen LogP) is 1.85. The zero-order valence-corrected chi connectivity index (χ0v) is 14.9. The van der Waals surface area contributed by atoms with E-state index in [9.17, 15) is 0 Å². The van der Waals surface area contributed by atoms with E-state index in [0.717, 1.165) is 25.9 Å². The average molecular weight is 577 g/mol. The number of rotatable bonds is 5. The molecule has 0 rings (SSSR count). The molecule has 0 aliphatic rings. The van der Waals surface area contributed by atoms with E-state index in [1.807, 2.05) is 0 Å². The van der Waals surface area contributed by atoms with Crippen LogP contribution in [0.4, 0.5) is 0 Å². The van der Waals surface area contributed by atoms with Crippen LogP contribution >= 0.6 is 35.5 Å². The van der Waals surface area contributed by atoms with E-state index in [1.165, 1.54) is 12.8 Å². The van der Waals surface area contributed by atoms with Crippen LogP contribution in [0.25, 0.3) is 0 Å². The van der Waals surface area contributed by atoms with Crippen molar-refractivity contribution in [3.05, 3.63) is 0 Å². The summed E-state index contributed by atoms with van der Waals surface area (Å²) in [5, 5.41) is 0. The minimum absolute atomic E-state index is 0.0233. The normalized spacial score (nSPS) is 8.73. The van der Waals surface area contributed by atoms with Gasteiger partial charge in [0.2, 0.25) is 0 Å². The van der Waals surface area contributed by atoms with Crippen LogP contribution in [0, 0.1) is 0 Å². The fourth-order valence-corrected chi connectivity index (χ4v) is 0.642. The Balaban J connectivity index is 0. The van der Waals surface area contributed by atoms with Gasteiger partial charge in [-0.1, -0.05) is 12.8 Å². The minimum atomic E-state index is 0.0233. The van der Waals surface area contributed by atoms with Gasteiger partial charge < -0.3 is 11.5 Å². The Bertz CT molecular complexity index is 51.8. The van der Waals surface area contributed by atoms with Crippen molar-refractivity contribution in [1.82, 2.24) is 0 Å². The molecule has 11 heavy (non-hydrogen) atoms. The third-order valence-corrected chi connectivity index (χ3v) is 1.16. The zero-order chi connectivity index (χ0) is 8.95. The van der Waals surface area contributed by atoms with Gasteiger partial charge in [0, 0.05) is 0 Å². The number of nitrogens with two attached hydrogens (primary N) is 2. The van der Waals surface area contributed by atoms with Crippen molar-refractivity contribution in [2.75, 3.05) is 13.1 Å². The Labute approximate surface area is 99.7 Å². The number of unbranched alkanes of at least 4 members (excludes halogenated alkanes) is 3. The van der Waals surface area contributed by atoms with Gasteiger partial charge in [-0.2, -0.15) is 0 Å². The molecule has 0 aliphatic carbocycles. The Morgan fingerprint density at radius 1 is 0.818 bits per heavy atom. The number of hydrogen-bond donors (Lipinski definition) is 2. The van der Waals surface area contributed by atoms with Gasteiger partial charge >= 0.3 is 51.2 Å². The third kappa shape index (κ3) is 24.5. The van der Waals surface area contributed by atoms with Crippen LogP contribution in [-0.2, 0) is 0 Å². The second-order valence-corrected chi connectivity index (χ2v) is 30.2. The maximum atomic E-state index is 5.28. The second kappa shape index (κ2) is 18.2. The van der Waals surface area contributed by atoms with Gasteiger partial charge in [0.05, 0.1) is 0 Å². The first-order valence-corrected chi connectivity index (χ1v) is 25.6. The van der Waals surface area contributed by atoms with Gasteiger partial charge in [-0.05, 0) is 25.9 Å². The molecule has 0 spiro atoms. The fraction of sp³-hybridized carbons (Fsp3) is 1.00. The molecule has 0 amide bonds. The first-order chi connectivity index (χ1) is 5.33. The molecule has 0 saturated heterocycles. The Morgan fingerprint density at radius 2 is 1.09 bits per heavy atom. The molecule has 0 unspecified atom stereocenters. The summed E-state index contributed by atoms with van der Waals surface area (Å²) in [4.78, 5) is 0. The van der Waals surface area contributed by atoms with Gasteiger partial charge in [0.15, 0.2) is 0 Å². The molecule has 0 heterocycles. The van der Waals surface area contributed by atoms with E-state index < -0.39 is 0 Å². The van der Waals surface area contributed by atoms with E-state index in [1.54, 1.807) is 0 Å². The molecular weight excluding hydrogens is 561 g/mol. The van der Waals surface area contributed by atoms with Crippen LogP contribution in [0.5, 0.6) is 0 Å². The molecule has 0 atom stereocenters. The molecule has 2 nitrogen and oxygen atoms in total. The van der Waals surface area contributed by atoms with Gasteiger partial charge in [0.25, 0.3) is 0 Å². The Morgan fingerprint density at radius 3 is 1.27 bits per heavy atom. The zero-order valence-electron chi connectivity index (χ0n) is 6.65. The molecule has 0 aliphatic heterocycles. The molecule has 5 heteroatoms. The van der Waals surface area contributed by atoms with E-state index in [-0.39, 0.29) is 15.6 Å². The number of halogens is 2. The molecular formula is C6H16I2N2Pb. The summed E-state index contributed by atoms with van der Waals surface area (Å²) in [6, 6.07) is 0. The molecule has 0 aromatic heterocycles. The molecule has 2 radical (unpaired) electrons. The SMILES string of the molecule is NCCCCCCN.[I][Pb][I]. The van der Waals surface area contributed by atoms with E-state index in [2.05, 4.69) is 35.5 Å². The van der Waals surface area contributed by atoms with E-state index in [4.69, 9.17) is 11.5 Å². The van der Waals surface area contributed by atoms with Crippen LogP contribution in [0.1, 0.15) is 25.7 Å². The monoisotopic (exact) mass is 578 g/mol. The topological polar surface area (TPSA) is 52.0 Å². The first-order valence-electron chi connectivity index (χ1n) is 3.69. The van der Waals surface area contributed by atoms with Gasteiger partial charge in [0.1, 0.15) is 0 Å². The molecule has 0 saturated carbocycles. The van der Waals surface area contributed by atoms with Crippen molar-refractivity contribution in [3.8, 4) is 0 Å². The van der Waals surface area contributed by atoms with Crippen LogP contribution < -0.4 is 11.5 Å². The quantitative estimate of drug-likeness (QED) is 0.298. The maximum absolute atomic E-state index is 5.28. The predicted molar refractivity (Wildman–Crippen MR) is 70.4 cm³/mol. The van der Waals surface area contributed by atoms with E-state index in [0.29, 0.717) is 0 Å². The van der Waals surface area contributed by atoms with Gasteiger partial charge in [-0.25, -0.2) is 0 Å². The van der Waals surface area contributed by atoms with Crippen LogP contribution in [0.2, 0.25) is 0 Å². The summed E-state index contributed by atoms with van der Waals surface area (Å²) in [5.74, 6) is 0. The van der Waals surface area contributed by atoms with Gasteiger partial charge in [-0.15, -0.1) is 0 Å². The van der Waals surface area contributed by atoms with Crippen molar-refractivity contribution >= 4 is 51.2 Å². The molecule has 0 aromatic carbocycles. The number of hydrogen-bond acceptors (Lipinski definition) is 2. The molecule has 4 N–H and O–H groups in total. The van der Waals surface area contributed by atoms with Crippen molar-refractivity contribution in [2.24, 2.45) is 11.5 Å². The van der Waals surface area contributed by atoms with Gasteiger partial charge in [-0.3, -0.25) is 0 Å². The molecule has 68 valence electrons. The van der Waals surface area contributed by atoms with Crippen molar-refractivity contribution in [3.63, 3.8) is 0 Å². The average Bonchev–Trinajstić information content (AvgIpc) is 2.00. The third-order valence-electron chi connectivity index (χ3n) is 1.16. The summed E-state index contributed by atoms with van der Waals surface area (Å²) < 4.78 is 0. The molecule has 0 fully saturated rings. The van der Waals surface area contributed by atoms with Crippen LogP contribution in [-0.4, -0.2) is 28.7 Å². The Hall–Kier alpha value is 2.30. The summed E-state index contributed by atoms with van der Waals surface area (Å²) in [6.45, 7) is 1.65. The Kier molecular flexibility index (Phi) is 26.0. The summed E-state index contributed by atoms with van der Waals surface area (Å²) in [7, 11) is 0. The summed E-state index contributed by atoms with van der Waals surface area (Å²) >= 11 is 4.96. The van der Waals surface area contributed by atoms with Crippen molar-refractivity contribution in [1.29, 1.82) is 0 Å². The van der Waals surface area contributed by atoms with Crippen molar-refractivity contribution in [2.45, 2.75) is 25.7 Å². The fourth-order valence-electron chi connectivity index (χ4n) is 0.642. The summed E-state index contributed by atoms with van der Waals surface area (Å²) in [6.07, 6.45) is 4.79. The molecule has 0 aromatic rings. The first kappa shape index (κ1) is 15.8. The standard InChI is InChI=1S/C6H16N2.2HI.Pb/c7-5-3-1-2-4-6-8;;;/h1-8H2;2*1H;/q;;;+2/p-2.